The Labute approximate surface area is 113 Å². The summed E-state index contributed by atoms with van der Waals surface area (Å²) in [5.41, 5.74) is 6.71. The molecule has 1 saturated heterocycles. The molecule has 1 aromatic rings. The molecule has 1 aromatic carbocycles. The summed E-state index contributed by atoms with van der Waals surface area (Å²) in [4.78, 5) is 11.1. The molecule has 0 aromatic heterocycles. The molecule has 0 saturated carbocycles. The van der Waals surface area contributed by atoms with Crippen molar-refractivity contribution < 1.29 is 9.53 Å². The van der Waals surface area contributed by atoms with Crippen molar-refractivity contribution in [3.8, 4) is 0 Å². The topological polar surface area (TPSA) is 76.4 Å². The number of hydrogen-bond donors (Lipinski definition) is 3. The van der Waals surface area contributed by atoms with Crippen LogP contribution in [-0.4, -0.2) is 37.7 Å². The highest BCUT2D eigenvalue weighted by atomic mass is 16.5. The van der Waals surface area contributed by atoms with Crippen LogP contribution >= 0.6 is 0 Å². The molecule has 1 aliphatic rings. The fourth-order valence-electron chi connectivity index (χ4n) is 2.30. The van der Waals surface area contributed by atoms with Gasteiger partial charge in [0.1, 0.15) is 0 Å². The second-order valence-corrected chi connectivity index (χ2v) is 4.95. The second kappa shape index (κ2) is 6.54. The molecule has 0 spiro atoms. The zero-order valence-electron chi connectivity index (χ0n) is 11.2. The Morgan fingerprint density at radius 3 is 3.16 bits per heavy atom. The lowest BCUT2D eigenvalue weighted by atomic mass is 10.1. The molecule has 1 fully saturated rings. The monoisotopic (exact) mass is 263 g/mol. The Morgan fingerprint density at radius 1 is 1.63 bits per heavy atom. The van der Waals surface area contributed by atoms with Gasteiger partial charge >= 0.3 is 0 Å². The smallest absolute Gasteiger partial charge is 0.248 e. The van der Waals surface area contributed by atoms with Crippen molar-refractivity contribution in [2.45, 2.75) is 25.4 Å². The van der Waals surface area contributed by atoms with Crippen LogP contribution in [-0.2, 0) is 4.74 Å². The van der Waals surface area contributed by atoms with Gasteiger partial charge in [0.05, 0.1) is 13.2 Å². The van der Waals surface area contributed by atoms with Gasteiger partial charge in [0.25, 0.3) is 0 Å². The lowest BCUT2D eigenvalue weighted by Crippen LogP contribution is -2.43. The first-order chi connectivity index (χ1) is 9.15. The van der Waals surface area contributed by atoms with Crippen LogP contribution in [0.1, 0.15) is 23.7 Å². The van der Waals surface area contributed by atoms with Gasteiger partial charge in [-0.15, -0.1) is 0 Å². The van der Waals surface area contributed by atoms with Gasteiger partial charge in [0, 0.05) is 29.9 Å². The molecular formula is C14H21N3O2. The number of nitrogens with two attached hydrogens (primary N) is 1. The normalized spacial score (nSPS) is 20.8. The minimum Gasteiger partial charge on any atom is -0.383 e. The van der Waals surface area contributed by atoms with E-state index in [4.69, 9.17) is 10.5 Å². The number of hydrogen-bond acceptors (Lipinski definition) is 4. The maximum absolute atomic E-state index is 11.1. The summed E-state index contributed by atoms with van der Waals surface area (Å²) < 4.78 is 5.43. The van der Waals surface area contributed by atoms with Crippen LogP contribution in [0.15, 0.2) is 24.3 Å². The highest BCUT2D eigenvalue weighted by Crippen LogP contribution is 2.13. The van der Waals surface area contributed by atoms with Gasteiger partial charge in [-0.2, -0.15) is 0 Å². The summed E-state index contributed by atoms with van der Waals surface area (Å²) in [5, 5.41) is 6.81. The predicted molar refractivity (Wildman–Crippen MR) is 75.3 cm³/mol. The third kappa shape index (κ3) is 4.22. The van der Waals surface area contributed by atoms with Gasteiger partial charge < -0.3 is 21.1 Å². The second-order valence-electron chi connectivity index (χ2n) is 4.95. The highest BCUT2D eigenvalue weighted by molar-refractivity contribution is 5.93. The number of carbonyl (C=O) groups is 1. The van der Waals surface area contributed by atoms with Gasteiger partial charge in [-0.25, -0.2) is 0 Å². The van der Waals surface area contributed by atoms with E-state index in [9.17, 15) is 4.79 Å². The molecule has 19 heavy (non-hydrogen) atoms. The number of anilines is 1. The molecule has 0 aliphatic carbocycles. The lowest BCUT2D eigenvalue weighted by molar-refractivity contribution is 0.0731. The number of morpholine rings is 1. The summed E-state index contributed by atoms with van der Waals surface area (Å²) in [6.07, 6.45) is 0.973. The summed E-state index contributed by atoms with van der Waals surface area (Å²) in [6.45, 7) is 4.58. The minimum absolute atomic E-state index is 0.294. The highest BCUT2D eigenvalue weighted by Gasteiger charge is 2.16. The standard InChI is InChI=1S/C14H21N3O2/c1-10(7-13-9-19-6-5-16-13)17-12-4-2-3-11(8-12)14(15)18/h2-4,8,10,13,16-17H,5-7,9H2,1H3,(H2,15,18). The van der Waals surface area contributed by atoms with Crippen molar-refractivity contribution in [1.82, 2.24) is 5.32 Å². The van der Waals surface area contributed by atoms with Crippen molar-refractivity contribution in [3.05, 3.63) is 29.8 Å². The summed E-state index contributed by atoms with van der Waals surface area (Å²) in [5.74, 6) is -0.404. The van der Waals surface area contributed by atoms with Crippen LogP contribution in [0.2, 0.25) is 0 Å². The molecule has 5 nitrogen and oxygen atoms in total. The zero-order valence-corrected chi connectivity index (χ0v) is 11.2. The van der Waals surface area contributed by atoms with Crippen molar-refractivity contribution in [2.75, 3.05) is 25.1 Å². The van der Waals surface area contributed by atoms with E-state index in [1.54, 1.807) is 12.1 Å². The van der Waals surface area contributed by atoms with Crippen molar-refractivity contribution >= 4 is 11.6 Å². The van der Waals surface area contributed by atoms with Crippen LogP contribution in [0.25, 0.3) is 0 Å². The number of rotatable bonds is 5. The molecule has 5 heteroatoms. The third-order valence-corrected chi connectivity index (χ3v) is 3.20. The van der Waals surface area contributed by atoms with E-state index >= 15 is 0 Å². The van der Waals surface area contributed by atoms with Crippen molar-refractivity contribution in [3.63, 3.8) is 0 Å². The SMILES string of the molecule is CC(CC1COCCN1)Nc1cccc(C(N)=O)c1. The van der Waals surface area contributed by atoms with Crippen LogP contribution < -0.4 is 16.4 Å². The third-order valence-electron chi connectivity index (χ3n) is 3.20. The minimum atomic E-state index is -0.404. The van der Waals surface area contributed by atoms with Crippen molar-refractivity contribution in [2.24, 2.45) is 5.73 Å². The first-order valence-corrected chi connectivity index (χ1v) is 6.62. The number of carbonyl (C=O) groups excluding carboxylic acids is 1. The predicted octanol–water partition coefficient (Wildman–Crippen LogP) is 0.964. The van der Waals surface area contributed by atoms with Crippen LogP contribution in [0, 0.1) is 0 Å². The number of ether oxygens (including phenoxy) is 1. The van der Waals surface area contributed by atoms with Gasteiger partial charge in [-0.3, -0.25) is 4.79 Å². The number of nitrogens with one attached hydrogen (secondary N) is 2. The number of benzene rings is 1. The van der Waals surface area contributed by atoms with Crippen molar-refractivity contribution in [1.29, 1.82) is 0 Å². The fourth-order valence-corrected chi connectivity index (χ4v) is 2.30. The molecule has 1 heterocycles. The molecule has 2 unspecified atom stereocenters. The van der Waals surface area contributed by atoms with E-state index in [0.29, 0.717) is 17.6 Å². The van der Waals surface area contributed by atoms with E-state index in [2.05, 4.69) is 17.6 Å². The summed E-state index contributed by atoms with van der Waals surface area (Å²) in [7, 11) is 0. The van der Waals surface area contributed by atoms with E-state index in [1.165, 1.54) is 0 Å². The summed E-state index contributed by atoms with van der Waals surface area (Å²) in [6, 6.07) is 7.95. The van der Waals surface area contributed by atoms with Crippen LogP contribution in [0.3, 0.4) is 0 Å². The Bertz CT molecular complexity index is 430. The average molecular weight is 263 g/mol. The van der Waals surface area contributed by atoms with E-state index in [0.717, 1.165) is 31.9 Å². The van der Waals surface area contributed by atoms with Crippen LogP contribution in [0.4, 0.5) is 5.69 Å². The quantitative estimate of drug-likeness (QED) is 0.739. The molecular weight excluding hydrogens is 242 g/mol. The molecule has 0 radical (unpaired) electrons. The Hall–Kier alpha value is -1.59. The maximum atomic E-state index is 11.1. The first kappa shape index (κ1) is 13.8. The Morgan fingerprint density at radius 2 is 2.47 bits per heavy atom. The molecule has 2 rings (SSSR count). The molecule has 4 N–H and O–H groups in total. The van der Waals surface area contributed by atoms with Gasteiger partial charge in [-0.1, -0.05) is 6.07 Å². The molecule has 2 atom stereocenters. The number of primary amides is 1. The summed E-state index contributed by atoms with van der Waals surface area (Å²) >= 11 is 0. The van der Waals surface area contributed by atoms with Gasteiger partial charge in [0.2, 0.25) is 5.91 Å². The van der Waals surface area contributed by atoms with Gasteiger partial charge in [-0.05, 0) is 31.5 Å². The van der Waals surface area contributed by atoms with Gasteiger partial charge in [0.15, 0.2) is 0 Å². The van der Waals surface area contributed by atoms with E-state index < -0.39 is 5.91 Å². The molecule has 0 bridgehead atoms. The first-order valence-electron chi connectivity index (χ1n) is 6.62. The lowest BCUT2D eigenvalue weighted by Gasteiger charge is -2.27. The molecule has 104 valence electrons. The van der Waals surface area contributed by atoms with E-state index in [1.807, 2.05) is 12.1 Å². The number of amides is 1. The maximum Gasteiger partial charge on any atom is 0.248 e. The van der Waals surface area contributed by atoms with E-state index in [-0.39, 0.29) is 0 Å². The fraction of sp³-hybridized carbons (Fsp3) is 0.500. The zero-order chi connectivity index (χ0) is 13.7. The average Bonchev–Trinajstić information content (AvgIpc) is 2.40. The van der Waals surface area contributed by atoms with Crippen LogP contribution in [0.5, 0.6) is 0 Å². The molecule has 1 amide bonds. The Balaban J connectivity index is 1.88. The Kier molecular flexibility index (Phi) is 4.76. The molecule has 1 aliphatic heterocycles. The largest absolute Gasteiger partial charge is 0.383 e.